The van der Waals surface area contributed by atoms with Crippen LogP contribution >= 0.6 is 0 Å². The van der Waals surface area contributed by atoms with E-state index in [0.717, 1.165) is 19.5 Å². The van der Waals surface area contributed by atoms with Gasteiger partial charge in [0.2, 0.25) is 0 Å². The summed E-state index contributed by atoms with van der Waals surface area (Å²) >= 11 is 0. The van der Waals surface area contributed by atoms with Crippen LogP contribution in [0.4, 0.5) is 0 Å². The van der Waals surface area contributed by atoms with E-state index in [1.54, 1.807) is 0 Å². The third-order valence-electron chi connectivity index (χ3n) is 3.84. The third-order valence-corrected chi connectivity index (χ3v) is 3.84. The average Bonchev–Trinajstić information content (AvgIpc) is 2.34. The van der Waals surface area contributed by atoms with E-state index in [-0.39, 0.29) is 0 Å². The molecule has 1 aromatic rings. The molecule has 0 heterocycles. The van der Waals surface area contributed by atoms with Gasteiger partial charge < -0.3 is 10.0 Å². The van der Waals surface area contributed by atoms with Crippen molar-refractivity contribution in [1.82, 2.24) is 9.80 Å². The van der Waals surface area contributed by atoms with Crippen LogP contribution in [0, 0.1) is 0 Å². The first-order valence-electron chi connectivity index (χ1n) is 6.74. The molecule has 0 radical (unpaired) electrons. The number of fused-ring (bicyclic) bond motifs is 1. The maximum absolute atomic E-state index is 9.57. The molecule has 1 aliphatic carbocycles. The Hall–Kier alpha value is -1.06. The van der Waals surface area contributed by atoms with E-state index in [2.05, 4.69) is 37.0 Å². The quantitative estimate of drug-likeness (QED) is 0.885. The van der Waals surface area contributed by atoms with Crippen molar-refractivity contribution in [3.05, 3.63) is 29.3 Å². The molecule has 100 valence electrons. The molecule has 0 bridgehead atoms. The minimum atomic E-state index is 0.394. The Morgan fingerprint density at radius 3 is 2.72 bits per heavy atom. The number of phenols is 1. The zero-order chi connectivity index (χ0) is 13.1. The zero-order valence-corrected chi connectivity index (χ0v) is 11.7. The number of phenolic OH excluding ortho intramolecular Hbond substituents is 1. The molecule has 0 saturated heterocycles. The number of hydrogen-bond donors (Lipinski definition) is 1. The Morgan fingerprint density at radius 2 is 2.00 bits per heavy atom. The first-order valence-corrected chi connectivity index (χ1v) is 6.74. The van der Waals surface area contributed by atoms with E-state index >= 15 is 0 Å². The van der Waals surface area contributed by atoms with Gasteiger partial charge in [-0.3, -0.25) is 4.90 Å². The second-order valence-corrected chi connectivity index (χ2v) is 5.58. The lowest BCUT2D eigenvalue weighted by molar-refractivity contribution is 0.200. The first kappa shape index (κ1) is 13.4. The molecule has 0 spiro atoms. The summed E-state index contributed by atoms with van der Waals surface area (Å²) in [5.41, 5.74) is 2.73. The fourth-order valence-corrected chi connectivity index (χ4v) is 2.75. The second kappa shape index (κ2) is 5.72. The third kappa shape index (κ3) is 3.03. The van der Waals surface area contributed by atoms with E-state index in [0.29, 0.717) is 11.8 Å². The Balaban J connectivity index is 2.11. The van der Waals surface area contributed by atoms with Crippen molar-refractivity contribution in [2.45, 2.75) is 25.3 Å². The van der Waals surface area contributed by atoms with Gasteiger partial charge in [-0.25, -0.2) is 0 Å². The largest absolute Gasteiger partial charge is 0.508 e. The van der Waals surface area contributed by atoms with E-state index in [1.165, 1.54) is 24.0 Å². The van der Waals surface area contributed by atoms with Gasteiger partial charge in [-0.1, -0.05) is 6.07 Å². The Bertz CT molecular complexity index is 403. The van der Waals surface area contributed by atoms with Crippen LogP contribution in [0.2, 0.25) is 0 Å². The highest BCUT2D eigenvalue weighted by Gasteiger charge is 2.23. The first-order chi connectivity index (χ1) is 8.58. The Labute approximate surface area is 110 Å². The van der Waals surface area contributed by atoms with Gasteiger partial charge in [-0.05, 0) is 63.7 Å². The monoisotopic (exact) mass is 248 g/mol. The van der Waals surface area contributed by atoms with Crippen LogP contribution in [-0.2, 0) is 6.42 Å². The molecule has 1 atom stereocenters. The smallest absolute Gasteiger partial charge is 0.115 e. The highest BCUT2D eigenvalue weighted by atomic mass is 16.3. The van der Waals surface area contributed by atoms with E-state index in [1.807, 2.05) is 12.1 Å². The van der Waals surface area contributed by atoms with Crippen LogP contribution in [0.5, 0.6) is 5.75 Å². The normalized spacial score (nSPS) is 19.3. The van der Waals surface area contributed by atoms with Crippen molar-refractivity contribution < 1.29 is 5.11 Å². The zero-order valence-electron chi connectivity index (χ0n) is 11.7. The lowest BCUT2D eigenvalue weighted by Gasteiger charge is -2.34. The number of nitrogens with zero attached hydrogens (tertiary/aromatic N) is 2. The molecule has 3 nitrogen and oxygen atoms in total. The van der Waals surface area contributed by atoms with E-state index in [4.69, 9.17) is 0 Å². The number of hydrogen-bond acceptors (Lipinski definition) is 3. The number of likely N-dealkylation sites (N-methyl/N-ethyl adjacent to an activating group) is 2. The van der Waals surface area contributed by atoms with Crippen molar-refractivity contribution in [3.63, 3.8) is 0 Å². The van der Waals surface area contributed by atoms with Gasteiger partial charge in [0.05, 0.1) is 0 Å². The number of aryl methyl sites for hydroxylation is 1. The molecular formula is C15H24N2O. The molecule has 0 aliphatic heterocycles. The lowest BCUT2D eigenvalue weighted by Crippen LogP contribution is -2.33. The molecular weight excluding hydrogens is 224 g/mol. The van der Waals surface area contributed by atoms with E-state index < -0.39 is 0 Å². The van der Waals surface area contributed by atoms with Crippen molar-refractivity contribution in [2.75, 3.05) is 34.2 Å². The van der Waals surface area contributed by atoms with Gasteiger partial charge in [0.15, 0.2) is 0 Å². The number of rotatable bonds is 4. The fourth-order valence-electron chi connectivity index (χ4n) is 2.75. The molecule has 0 amide bonds. The van der Waals surface area contributed by atoms with Crippen LogP contribution in [0.25, 0.3) is 0 Å². The topological polar surface area (TPSA) is 26.7 Å². The van der Waals surface area contributed by atoms with Gasteiger partial charge in [-0.15, -0.1) is 0 Å². The van der Waals surface area contributed by atoms with Gasteiger partial charge >= 0.3 is 0 Å². The minimum Gasteiger partial charge on any atom is -0.508 e. The molecule has 0 fully saturated rings. The summed E-state index contributed by atoms with van der Waals surface area (Å²) in [5.74, 6) is 0.394. The van der Waals surface area contributed by atoms with Gasteiger partial charge in [-0.2, -0.15) is 0 Å². The fraction of sp³-hybridized carbons (Fsp3) is 0.600. The Morgan fingerprint density at radius 1 is 1.22 bits per heavy atom. The second-order valence-electron chi connectivity index (χ2n) is 5.58. The van der Waals surface area contributed by atoms with Crippen molar-refractivity contribution >= 4 is 0 Å². The SMILES string of the molecule is CN(C)CCN(C)C1CCCc2cc(O)ccc21. The van der Waals surface area contributed by atoms with Crippen LogP contribution < -0.4 is 0 Å². The summed E-state index contributed by atoms with van der Waals surface area (Å²) in [6, 6.07) is 6.35. The summed E-state index contributed by atoms with van der Waals surface area (Å²) in [5, 5.41) is 9.57. The van der Waals surface area contributed by atoms with Gasteiger partial charge in [0.1, 0.15) is 5.75 Å². The van der Waals surface area contributed by atoms with Crippen LogP contribution in [-0.4, -0.2) is 49.1 Å². The molecule has 1 aromatic carbocycles. The molecule has 1 unspecified atom stereocenters. The summed E-state index contributed by atoms with van der Waals surface area (Å²) in [7, 11) is 6.43. The van der Waals surface area contributed by atoms with Crippen LogP contribution in [0.15, 0.2) is 18.2 Å². The van der Waals surface area contributed by atoms with Crippen molar-refractivity contribution in [1.29, 1.82) is 0 Å². The summed E-state index contributed by atoms with van der Waals surface area (Å²) in [6.45, 7) is 2.17. The molecule has 18 heavy (non-hydrogen) atoms. The highest BCUT2D eigenvalue weighted by molar-refractivity contribution is 5.38. The maximum atomic E-state index is 9.57. The molecule has 1 aliphatic rings. The minimum absolute atomic E-state index is 0.394. The van der Waals surface area contributed by atoms with Crippen LogP contribution in [0.3, 0.4) is 0 Å². The summed E-state index contributed by atoms with van der Waals surface area (Å²) < 4.78 is 0. The Kier molecular flexibility index (Phi) is 4.25. The average molecular weight is 248 g/mol. The molecule has 2 rings (SSSR count). The predicted octanol–water partition coefficient (Wildman–Crippen LogP) is 2.26. The predicted molar refractivity (Wildman–Crippen MR) is 75.0 cm³/mol. The molecule has 3 heteroatoms. The van der Waals surface area contributed by atoms with Gasteiger partial charge in [0.25, 0.3) is 0 Å². The van der Waals surface area contributed by atoms with Crippen LogP contribution in [0.1, 0.15) is 30.0 Å². The lowest BCUT2D eigenvalue weighted by atomic mass is 9.87. The molecule has 0 aromatic heterocycles. The summed E-state index contributed by atoms with van der Waals surface area (Å²) in [6.07, 6.45) is 3.54. The van der Waals surface area contributed by atoms with E-state index in [9.17, 15) is 5.11 Å². The number of aromatic hydroxyl groups is 1. The van der Waals surface area contributed by atoms with Crippen molar-refractivity contribution in [2.24, 2.45) is 0 Å². The van der Waals surface area contributed by atoms with Gasteiger partial charge in [0, 0.05) is 19.1 Å². The summed E-state index contributed by atoms with van der Waals surface area (Å²) in [4.78, 5) is 4.66. The molecule has 0 saturated carbocycles. The molecule has 1 N–H and O–H groups in total. The maximum Gasteiger partial charge on any atom is 0.115 e. The highest BCUT2D eigenvalue weighted by Crippen LogP contribution is 2.34. The van der Waals surface area contributed by atoms with Crippen molar-refractivity contribution in [3.8, 4) is 5.75 Å². The number of benzene rings is 1. The standard InChI is InChI=1S/C15H24N2O/c1-16(2)9-10-17(3)15-6-4-5-12-11-13(18)7-8-14(12)15/h7-8,11,15,18H,4-6,9-10H2,1-3H3.